The molecule has 0 spiro atoms. The van der Waals surface area contributed by atoms with Gasteiger partial charge < -0.3 is 11.5 Å². The van der Waals surface area contributed by atoms with Gasteiger partial charge in [0.1, 0.15) is 30.1 Å². The number of fused-ring (bicyclic) bond motifs is 5. The van der Waals surface area contributed by atoms with Crippen LogP contribution in [-0.4, -0.2) is 25.6 Å². The molecule has 0 bridgehead atoms. The first kappa shape index (κ1) is 50.6. The van der Waals surface area contributed by atoms with Gasteiger partial charge in [-0.15, -0.1) is 45.3 Å². The second-order valence-electron chi connectivity index (χ2n) is 19.9. The van der Waals surface area contributed by atoms with Gasteiger partial charge in [-0.2, -0.15) is 17.5 Å². The second kappa shape index (κ2) is 23.1. The molecule has 4 N–H and O–H groups in total. The van der Waals surface area contributed by atoms with E-state index in [1.54, 1.807) is 10.4 Å². The monoisotopic (exact) mass is 1050 g/mol. The Kier molecular flexibility index (Phi) is 16.9. The molecule has 8 aromatic rings. The molecule has 7 heterocycles. The predicted octanol–water partition coefficient (Wildman–Crippen LogP) is 18.0. The molecule has 1 aliphatic heterocycles. The molecular weight excluding hydrogens is 977 g/mol. The number of rotatable bonds is 26. The molecule has 2 atom stereocenters. The zero-order valence-electron chi connectivity index (χ0n) is 41.8. The van der Waals surface area contributed by atoms with Crippen LogP contribution in [0.5, 0.6) is 0 Å². The first-order valence-electron chi connectivity index (χ1n) is 26.3. The first-order chi connectivity index (χ1) is 33.7. The highest BCUT2D eigenvalue weighted by Crippen LogP contribution is 2.52. The van der Waals surface area contributed by atoms with Crippen LogP contribution in [0.3, 0.4) is 0 Å². The number of hydrogen-bond donors (Lipinski definition) is 2. The fourth-order valence-electron chi connectivity index (χ4n) is 11.2. The van der Waals surface area contributed by atoms with Gasteiger partial charge in [-0.05, 0) is 109 Å². The van der Waals surface area contributed by atoms with Gasteiger partial charge in [-0.25, -0.2) is 0 Å². The molecule has 2 aromatic carbocycles. The van der Waals surface area contributed by atoms with Gasteiger partial charge in [0, 0.05) is 72.6 Å². The van der Waals surface area contributed by atoms with Crippen LogP contribution in [0.4, 0.5) is 11.4 Å². The third-order valence-corrected chi connectivity index (χ3v) is 26.7. The summed E-state index contributed by atoms with van der Waals surface area (Å²) >= 11 is 10.3. The van der Waals surface area contributed by atoms with Crippen molar-refractivity contribution >= 4 is 121 Å². The van der Waals surface area contributed by atoms with Crippen molar-refractivity contribution < 1.29 is 0 Å². The summed E-state index contributed by atoms with van der Waals surface area (Å²) in [5.41, 5.74) is 24.4. The topological polar surface area (TPSA) is 104 Å². The van der Waals surface area contributed by atoms with Gasteiger partial charge in [-0.3, -0.25) is 0 Å². The number of nitrogens with two attached hydrogens (primary N) is 2. The lowest BCUT2D eigenvalue weighted by Gasteiger charge is -2.35. The van der Waals surface area contributed by atoms with E-state index in [1.807, 2.05) is 45.3 Å². The Bertz CT molecular complexity index is 2770. The molecular formula is C56H72N6S6Si. The van der Waals surface area contributed by atoms with E-state index in [2.05, 4.69) is 90.1 Å². The Morgan fingerprint density at radius 3 is 1.29 bits per heavy atom. The van der Waals surface area contributed by atoms with E-state index < -0.39 is 8.07 Å². The van der Waals surface area contributed by atoms with Crippen LogP contribution in [0.1, 0.15) is 154 Å². The molecule has 13 heteroatoms. The molecule has 366 valence electrons. The maximum absolute atomic E-state index is 7.30. The molecule has 2 unspecified atom stereocenters. The van der Waals surface area contributed by atoms with E-state index in [0.29, 0.717) is 11.8 Å². The van der Waals surface area contributed by atoms with E-state index in [-0.39, 0.29) is 0 Å². The zero-order chi connectivity index (χ0) is 48.1. The summed E-state index contributed by atoms with van der Waals surface area (Å²) in [6.45, 7) is 14.1. The van der Waals surface area contributed by atoms with E-state index in [4.69, 9.17) is 29.0 Å². The lowest BCUT2D eigenvalue weighted by atomic mass is 10.0. The third kappa shape index (κ3) is 10.4. The SMILES string of the molecule is CCCCCCc1ccc(-c2cc(N)c(-c3cc4c(s3)-c3sc(-c5c(N)cc(-c6ccc(CCCCCC)s6)c6nsnc56)cc3[Si]4(CC(CC)CCCC)CC(CC)CCCC)c3nsnc23)s1. The highest BCUT2D eigenvalue weighted by atomic mass is 32.1. The second-order valence-corrected chi connectivity index (χ2v) is 29.4. The van der Waals surface area contributed by atoms with Crippen LogP contribution in [0.15, 0.2) is 48.5 Å². The summed E-state index contributed by atoms with van der Waals surface area (Å²) in [4.78, 5) is 10.7. The van der Waals surface area contributed by atoms with Crippen LogP contribution in [0.25, 0.3) is 73.6 Å². The number of nitrogen functional groups attached to an aromatic ring is 2. The molecule has 0 saturated heterocycles. The Morgan fingerprint density at radius 1 is 0.464 bits per heavy atom. The molecule has 0 saturated carbocycles. The minimum Gasteiger partial charge on any atom is -0.398 e. The Hall–Kier alpha value is -3.30. The number of aryl methyl sites for hydroxylation is 2. The number of nitrogens with zero attached hydrogens (tertiary/aromatic N) is 4. The fraction of sp³-hybridized carbons (Fsp3) is 0.500. The number of thiophene rings is 4. The van der Waals surface area contributed by atoms with Gasteiger partial charge >= 0.3 is 0 Å². The Balaban J connectivity index is 1.17. The highest BCUT2D eigenvalue weighted by Gasteiger charge is 2.50. The predicted molar refractivity (Wildman–Crippen MR) is 313 cm³/mol. The van der Waals surface area contributed by atoms with Crippen molar-refractivity contribution in [3.8, 4) is 51.5 Å². The molecule has 0 amide bonds. The number of hydrogen-bond acceptors (Lipinski definition) is 12. The van der Waals surface area contributed by atoms with Crippen LogP contribution in [0.2, 0.25) is 12.1 Å². The van der Waals surface area contributed by atoms with Crippen LogP contribution in [-0.2, 0) is 12.8 Å². The van der Waals surface area contributed by atoms with Crippen molar-refractivity contribution in [2.45, 2.75) is 169 Å². The zero-order valence-corrected chi connectivity index (χ0v) is 47.7. The van der Waals surface area contributed by atoms with Gasteiger partial charge in [0.25, 0.3) is 0 Å². The summed E-state index contributed by atoms with van der Waals surface area (Å²) in [5.74, 6) is 1.35. The summed E-state index contributed by atoms with van der Waals surface area (Å²) in [6.07, 6.45) is 22.5. The summed E-state index contributed by atoms with van der Waals surface area (Å²) in [6, 6.07) is 21.4. The first-order valence-corrected chi connectivity index (χ1v) is 33.5. The average molecular weight is 1050 g/mol. The fourth-order valence-corrected chi connectivity index (χ4v) is 25.0. The third-order valence-electron chi connectivity index (χ3n) is 15.1. The molecule has 0 radical (unpaired) electrons. The lowest BCUT2D eigenvalue weighted by Crippen LogP contribution is -2.56. The van der Waals surface area contributed by atoms with Gasteiger partial charge in [-0.1, -0.05) is 131 Å². The van der Waals surface area contributed by atoms with Crippen LogP contribution in [0, 0.1) is 11.8 Å². The van der Waals surface area contributed by atoms with Crippen molar-refractivity contribution in [2.24, 2.45) is 11.8 Å². The standard InChI is InChI=1S/C56H72N6S6Si/c1-7-13-17-19-23-37-25-27-43(63-37)39-29-41(57)49(53-51(39)59-67-61-53)45-31-47-55(65-45)56-48(69(47,33-35(11-5)21-15-9-3)34-36(12-6)22-16-10-4)32-46(66-56)50-42(58)30-40(52-54(50)62-68-60-52)44-28-26-38(64-44)24-20-18-14-8-2/h25-32,35-36H,7-24,33-34,57-58H2,1-6H3. The van der Waals surface area contributed by atoms with Gasteiger partial charge in [0.05, 0.1) is 23.5 Å². The number of aromatic nitrogens is 4. The largest absolute Gasteiger partial charge is 0.398 e. The smallest absolute Gasteiger partial charge is 0.122 e. The van der Waals surface area contributed by atoms with Gasteiger partial charge in [0.15, 0.2) is 0 Å². The molecule has 0 aliphatic carbocycles. The highest BCUT2D eigenvalue weighted by molar-refractivity contribution is 7.32. The summed E-state index contributed by atoms with van der Waals surface area (Å²) in [7, 11) is -2.38. The molecule has 0 fully saturated rings. The molecule has 9 rings (SSSR count). The van der Waals surface area contributed by atoms with Crippen LogP contribution >= 0.6 is 68.8 Å². The van der Waals surface area contributed by atoms with Crippen molar-refractivity contribution in [1.29, 1.82) is 0 Å². The Morgan fingerprint density at radius 2 is 0.884 bits per heavy atom. The van der Waals surface area contributed by atoms with Crippen molar-refractivity contribution in [1.82, 2.24) is 17.5 Å². The van der Waals surface area contributed by atoms with Crippen molar-refractivity contribution in [3.05, 3.63) is 58.3 Å². The molecule has 6 nitrogen and oxygen atoms in total. The maximum Gasteiger partial charge on any atom is 0.122 e. The van der Waals surface area contributed by atoms with E-state index in [1.165, 1.54) is 177 Å². The van der Waals surface area contributed by atoms with Crippen molar-refractivity contribution in [3.63, 3.8) is 0 Å². The summed E-state index contributed by atoms with van der Waals surface area (Å²) < 4.78 is 20.1. The summed E-state index contributed by atoms with van der Waals surface area (Å²) in [5, 5.41) is 3.27. The van der Waals surface area contributed by atoms with Crippen LogP contribution < -0.4 is 21.8 Å². The Labute approximate surface area is 437 Å². The number of unbranched alkanes of at least 4 members (excludes halogenated alkanes) is 8. The van der Waals surface area contributed by atoms with Gasteiger partial charge in [0.2, 0.25) is 0 Å². The quantitative estimate of drug-likeness (QED) is 0.0318. The van der Waals surface area contributed by atoms with E-state index in [0.717, 1.165) is 68.5 Å². The average Bonchev–Trinajstić information content (AvgIpc) is 4.22. The number of anilines is 2. The maximum atomic E-state index is 7.30. The molecule has 1 aliphatic rings. The lowest BCUT2D eigenvalue weighted by molar-refractivity contribution is 0.469. The molecule has 69 heavy (non-hydrogen) atoms. The minimum atomic E-state index is -2.38. The van der Waals surface area contributed by atoms with E-state index in [9.17, 15) is 0 Å². The normalized spacial score (nSPS) is 14.1. The number of benzene rings is 2. The van der Waals surface area contributed by atoms with Crippen molar-refractivity contribution in [2.75, 3.05) is 11.5 Å². The van der Waals surface area contributed by atoms with E-state index >= 15 is 0 Å². The minimum absolute atomic E-state index is 0.674. The molecule has 6 aromatic heterocycles.